The van der Waals surface area contributed by atoms with Crippen molar-refractivity contribution in [2.75, 3.05) is 0 Å². The molecule has 1 aliphatic carbocycles. The highest BCUT2D eigenvalue weighted by Gasteiger charge is 2.32. The van der Waals surface area contributed by atoms with Crippen LogP contribution in [0, 0.1) is 5.92 Å². The molecule has 1 saturated carbocycles. The van der Waals surface area contributed by atoms with E-state index in [0.717, 1.165) is 12.8 Å². The lowest BCUT2D eigenvalue weighted by molar-refractivity contribution is -0.160. The van der Waals surface area contributed by atoms with Gasteiger partial charge in [0.25, 0.3) is 0 Å². The summed E-state index contributed by atoms with van der Waals surface area (Å²) >= 11 is 0. The largest absolute Gasteiger partial charge is 0.393 e. The number of ether oxygens (including phenoxy) is 1. The highest BCUT2D eigenvalue weighted by molar-refractivity contribution is 5.88. The van der Waals surface area contributed by atoms with Gasteiger partial charge < -0.3 is 16.2 Å². The summed E-state index contributed by atoms with van der Waals surface area (Å²) in [5, 5.41) is 0. The standard InChI is InChI=1S/C9H14N2O4/c10-6(8(11)13)3-4-7(12)15-9(14)5-1-2-5/h5-6H,1-4,10H2,(H2,11,13)/t6-/m0/s1. The number of hydrogen-bond acceptors (Lipinski definition) is 5. The van der Waals surface area contributed by atoms with Crippen molar-refractivity contribution in [1.82, 2.24) is 0 Å². The van der Waals surface area contributed by atoms with Crippen molar-refractivity contribution in [3.8, 4) is 0 Å². The Labute approximate surface area is 86.9 Å². The fraction of sp³-hybridized carbons (Fsp3) is 0.667. The second-order valence-electron chi connectivity index (χ2n) is 3.61. The first-order chi connectivity index (χ1) is 7.00. The number of amides is 1. The predicted octanol–water partition coefficient (Wildman–Crippen LogP) is -0.941. The molecule has 0 radical (unpaired) electrons. The third-order valence-corrected chi connectivity index (χ3v) is 2.15. The second kappa shape index (κ2) is 4.88. The molecule has 15 heavy (non-hydrogen) atoms. The Morgan fingerprint density at radius 3 is 2.40 bits per heavy atom. The van der Waals surface area contributed by atoms with Gasteiger partial charge in [-0.3, -0.25) is 14.4 Å². The Bertz CT molecular complexity index is 286. The molecule has 0 spiro atoms. The molecule has 1 aliphatic rings. The van der Waals surface area contributed by atoms with Gasteiger partial charge in [0.05, 0.1) is 12.0 Å². The van der Waals surface area contributed by atoms with Gasteiger partial charge in [0.2, 0.25) is 5.91 Å². The van der Waals surface area contributed by atoms with Gasteiger partial charge in [0, 0.05) is 6.42 Å². The Balaban J connectivity index is 2.18. The quantitative estimate of drug-likeness (QED) is 0.453. The lowest BCUT2D eigenvalue weighted by Crippen LogP contribution is -2.36. The van der Waals surface area contributed by atoms with Crippen molar-refractivity contribution in [1.29, 1.82) is 0 Å². The van der Waals surface area contributed by atoms with Crippen LogP contribution in [0.25, 0.3) is 0 Å². The molecule has 1 amide bonds. The molecule has 0 aliphatic heterocycles. The SMILES string of the molecule is NC(=O)[C@@H](N)CCC(=O)OC(=O)C1CC1. The molecule has 0 aromatic heterocycles. The van der Waals surface area contributed by atoms with E-state index in [1.165, 1.54) is 0 Å². The zero-order valence-electron chi connectivity index (χ0n) is 8.27. The monoisotopic (exact) mass is 214 g/mol. The summed E-state index contributed by atoms with van der Waals surface area (Å²) in [4.78, 5) is 32.6. The summed E-state index contributed by atoms with van der Waals surface area (Å²) in [7, 11) is 0. The van der Waals surface area contributed by atoms with Crippen LogP contribution in [-0.4, -0.2) is 23.9 Å². The van der Waals surface area contributed by atoms with Crippen LogP contribution in [0.1, 0.15) is 25.7 Å². The van der Waals surface area contributed by atoms with Gasteiger partial charge >= 0.3 is 11.9 Å². The molecule has 0 aromatic carbocycles. The molecule has 84 valence electrons. The van der Waals surface area contributed by atoms with E-state index < -0.39 is 23.9 Å². The fourth-order valence-electron chi connectivity index (χ4n) is 0.981. The number of rotatable bonds is 5. The molecule has 6 nitrogen and oxygen atoms in total. The van der Waals surface area contributed by atoms with Gasteiger partial charge in [-0.25, -0.2) is 0 Å². The van der Waals surface area contributed by atoms with E-state index >= 15 is 0 Å². The van der Waals surface area contributed by atoms with E-state index in [1.807, 2.05) is 0 Å². The summed E-state index contributed by atoms with van der Waals surface area (Å²) in [6, 6.07) is -0.867. The van der Waals surface area contributed by atoms with Gasteiger partial charge in [-0.1, -0.05) is 0 Å². The van der Waals surface area contributed by atoms with Gasteiger partial charge in [0.15, 0.2) is 0 Å². The molecule has 0 unspecified atom stereocenters. The highest BCUT2D eigenvalue weighted by atomic mass is 16.6. The topological polar surface area (TPSA) is 112 Å². The van der Waals surface area contributed by atoms with Crippen LogP contribution in [0.3, 0.4) is 0 Å². The first kappa shape index (κ1) is 11.6. The van der Waals surface area contributed by atoms with Crippen LogP contribution in [0.15, 0.2) is 0 Å². The van der Waals surface area contributed by atoms with Crippen molar-refractivity contribution < 1.29 is 19.1 Å². The average Bonchev–Trinajstić information content (AvgIpc) is 2.96. The minimum absolute atomic E-state index is 0.0669. The van der Waals surface area contributed by atoms with Crippen LogP contribution < -0.4 is 11.5 Å². The lowest BCUT2D eigenvalue weighted by atomic mass is 10.1. The Morgan fingerprint density at radius 2 is 1.93 bits per heavy atom. The number of carbonyl (C=O) groups excluding carboxylic acids is 3. The van der Waals surface area contributed by atoms with Gasteiger partial charge in [-0.05, 0) is 19.3 Å². The zero-order valence-corrected chi connectivity index (χ0v) is 8.27. The molecular formula is C9H14N2O4. The van der Waals surface area contributed by atoms with Crippen molar-refractivity contribution in [2.24, 2.45) is 17.4 Å². The van der Waals surface area contributed by atoms with Crippen molar-refractivity contribution in [3.63, 3.8) is 0 Å². The molecule has 0 saturated heterocycles. The van der Waals surface area contributed by atoms with E-state index in [1.54, 1.807) is 0 Å². The van der Waals surface area contributed by atoms with Gasteiger partial charge in [-0.15, -0.1) is 0 Å². The van der Waals surface area contributed by atoms with E-state index in [4.69, 9.17) is 11.5 Å². The van der Waals surface area contributed by atoms with E-state index in [-0.39, 0.29) is 18.8 Å². The van der Waals surface area contributed by atoms with Crippen LogP contribution in [-0.2, 0) is 19.1 Å². The molecule has 0 heterocycles. The predicted molar refractivity (Wildman–Crippen MR) is 50.2 cm³/mol. The smallest absolute Gasteiger partial charge is 0.316 e. The molecule has 1 rings (SSSR count). The second-order valence-corrected chi connectivity index (χ2v) is 3.61. The third kappa shape index (κ3) is 4.07. The average molecular weight is 214 g/mol. The van der Waals surface area contributed by atoms with Crippen molar-refractivity contribution in [2.45, 2.75) is 31.7 Å². The normalized spacial score (nSPS) is 16.9. The minimum atomic E-state index is -0.867. The van der Waals surface area contributed by atoms with Gasteiger partial charge in [0.1, 0.15) is 0 Å². The minimum Gasteiger partial charge on any atom is -0.393 e. The number of primary amides is 1. The van der Waals surface area contributed by atoms with Crippen LogP contribution in [0.4, 0.5) is 0 Å². The fourth-order valence-corrected chi connectivity index (χ4v) is 0.981. The Morgan fingerprint density at radius 1 is 1.33 bits per heavy atom. The number of esters is 2. The van der Waals surface area contributed by atoms with Crippen molar-refractivity contribution >= 4 is 17.8 Å². The number of nitrogens with two attached hydrogens (primary N) is 2. The first-order valence-electron chi connectivity index (χ1n) is 4.80. The van der Waals surface area contributed by atoms with E-state index in [9.17, 15) is 14.4 Å². The maximum atomic E-state index is 11.1. The summed E-state index contributed by atoms with van der Waals surface area (Å²) in [6.45, 7) is 0. The van der Waals surface area contributed by atoms with E-state index in [0.29, 0.717) is 0 Å². The zero-order chi connectivity index (χ0) is 11.4. The number of carbonyl (C=O) groups is 3. The molecule has 0 bridgehead atoms. The highest BCUT2D eigenvalue weighted by Crippen LogP contribution is 2.30. The van der Waals surface area contributed by atoms with Gasteiger partial charge in [-0.2, -0.15) is 0 Å². The van der Waals surface area contributed by atoms with Crippen LogP contribution in [0.2, 0.25) is 0 Å². The molecule has 1 atom stereocenters. The maximum absolute atomic E-state index is 11.1. The maximum Gasteiger partial charge on any atom is 0.316 e. The lowest BCUT2D eigenvalue weighted by Gasteiger charge is -2.06. The summed E-state index contributed by atoms with van der Waals surface area (Å²) < 4.78 is 4.52. The first-order valence-corrected chi connectivity index (χ1v) is 4.80. The van der Waals surface area contributed by atoms with Crippen LogP contribution in [0.5, 0.6) is 0 Å². The van der Waals surface area contributed by atoms with Crippen LogP contribution >= 0.6 is 0 Å². The van der Waals surface area contributed by atoms with Crippen molar-refractivity contribution in [3.05, 3.63) is 0 Å². The number of hydrogen-bond donors (Lipinski definition) is 2. The molecule has 0 aromatic rings. The Hall–Kier alpha value is -1.43. The summed E-state index contributed by atoms with van der Waals surface area (Å²) in [5.74, 6) is -1.91. The van der Waals surface area contributed by atoms with E-state index in [2.05, 4.69) is 4.74 Å². The Kier molecular flexibility index (Phi) is 3.79. The molecule has 4 N–H and O–H groups in total. The molecule has 1 fully saturated rings. The third-order valence-electron chi connectivity index (χ3n) is 2.15. The molecule has 6 heteroatoms. The summed E-state index contributed by atoms with van der Waals surface area (Å²) in [6.07, 6.45) is 1.61. The molecular weight excluding hydrogens is 200 g/mol. The summed E-state index contributed by atoms with van der Waals surface area (Å²) in [5.41, 5.74) is 10.2.